The maximum Gasteiger partial charge on any atom is 0.347 e. The first-order valence-electron chi connectivity index (χ1n) is 17.1. The summed E-state index contributed by atoms with van der Waals surface area (Å²) >= 11 is 1.19. The van der Waals surface area contributed by atoms with Gasteiger partial charge in [-0.1, -0.05) is 25.2 Å². The van der Waals surface area contributed by atoms with Crippen molar-refractivity contribution in [2.75, 3.05) is 36.4 Å². The van der Waals surface area contributed by atoms with Gasteiger partial charge < -0.3 is 20.1 Å². The van der Waals surface area contributed by atoms with Crippen molar-refractivity contribution in [1.82, 2.24) is 35.0 Å². The highest BCUT2D eigenvalue weighted by Gasteiger charge is 2.53. The number of benzene rings is 1. The van der Waals surface area contributed by atoms with Crippen molar-refractivity contribution in [3.63, 3.8) is 0 Å². The van der Waals surface area contributed by atoms with Gasteiger partial charge >= 0.3 is 5.97 Å². The van der Waals surface area contributed by atoms with Gasteiger partial charge in [-0.25, -0.2) is 29.1 Å². The van der Waals surface area contributed by atoms with E-state index in [0.717, 1.165) is 69.5 Å². The van der Waals surface area contributed by atoms with Crippen LogP contribution >= 0.6 is 11.3 Å². The molecule has 2 saturated heterocycles. The van der Waals surface area contributed by atoms with E-state index < -0.39 is 5.97 Å². The molecule has 2 aliphatic carbocycles. The zero-order chi connectivity index (χ0) is 33.9. The first-order chi connectivity index (χ1) is 23.6. The largest absolute Gasteiger partial charge is 0.477 e. The lowest BCUT2D eigenvalue weighted by molar-refractivity contribution is -0.0656. The highest BCUT2D eigenvalue weighted by Crippen LogP contribution is 2.49. The Morgan fingerprint density at radius 1 is 1.12 bits per heavy atom. The molecule has 1 atom stereocenters. The first-order valence-corrected chi connectivity index (χ1v) is 17.9. The van der Waals surface area contributed by atoms with Crippen molar-refractivity contribution in [2.24, 2.45) is 17.3 Å². The lowest BCUT2D eigenvalue weighted by atomic mass is 9.68. The number of hydrogen-bond acceptors (Lipinski definition) is 12. The summed E-state index contributed by atoms with van der Waals surface area (Å²) in [6.45, 7) is 10.2. The van der Waals surface area contributed by atoms with Crippen LogP contribution in [-0.4, -0.2) is 84.4 Å². The monoisotopic (exact) mass is 685 g/mol. The third-order valence-electron chi connectivity index (χ3n) is 10.5. The summed E-state index contributed by atoms with van der Waals surface area (Å²) < 4.78 is 21.1. The predicted octanol–water partition coefficient (Wildman–Crippen LogP) is 6.03. The van der Waals surface area contributed by atoms with Crippen molar-refractivity contribution in [1.29, 1.82) is 0 Å². The molecule has 4 aromatic rings. The van der Waals surface area contributed by atoms with Crippen LogP contribution in [0.25, 0.3) is 11.1 Å². The van der Waals surface area contributed by atoms with Crippen LogP contribution in [-0.2, 0) is 0 Å². The van der Waals surface area contributed by atoms with Crippen LogP contribution in [0.3, 0.4) is 0 Å². The molecule has 0 unspecified atom stereocenters. The molecule has 2 saturated carbocycles. The molecular weight excluding hydrogens is 646 g/mol. The molecule has 3 aromatic heterocycles. The lowest BCUT2D eigenvalue weighted by Crippen LogP contribution is -2.65. The minimum Gasteiger partial charge on any atom is -0.477 e. The number of ether oxygens (including phenoxy) is 1. The number of nitrogens with zero attached hydrogens (tertiary/aromatic N) is 8. The molecule has 1 spiro atoms. The second-order valence-corrected chi connectivity index (χ2v) is 15.6. The second kappa shape index (κ2) is 12.5. The van der Waals surface area contributed by atoms with Gasteiger partial charge in [0.1, 0.15) is 28.6 Å². The quantitative estimate of drug-likeness (QED) is 0.190. The third-order valence-corrected chi connectivity index (χ3v) is 11.5. The van der Waals surface area contributed by atoms with E-state index in [1.54, 1.807) is 12.3 Å². The number of aromatic nitrogens is 6. The number of carboxylic acid groups (broad SMARTS) is 1. The molecule has 49 heavy (non-hydrogen) atoms. The fourth-order valence-corrected chi connectivity index (χ4v) is 8.88. The summed E-state index contributed by atoms with van der Waals surface area (Å²) in [5.41, 5.74) is 2.47. The highest BCUT2D eigenvalue weighted by molar-refractivity contribution is 7.17. The number of carbonyl (C=O) groups is 1. The molecule has 0 amide bonds. The number of nitrogens with one attached hydrogen (secondary N) is 1. The van der Waals surface area contributed by atoms with E-state index in [-0.39, 0.29) is 16.1 Å². The molecule has 0 bridgehead atoms. The molecule has 2 aliphatic heterocycles. The fourth-order valence-electron chi connectivity index (χ4n) is 8.15. The number of carboxylic acids is 1. The Bertz CT molecular complexity index is 1870. The smallest absolute Gasteiger partial charge is 0.347 e. The predicted molar refractivity (Wildman–Crippen MR) is 183 cm³/mol. The molecule has 1 aromatic carbocycles. The van der Waals surface area contributed by atoms with Gasteiger partial charge in [0.05, 0.1) is 11.9 Å². The zero-order valence-electron chi connectivity index (χ0n) is 27.8. The molecule has 5 heterocycles. The summed E-state index contributed by atoms with van der Waals surface area (Å²) in [7, 11) is 0. The average Bonchev–Trinajstić information content (AvgIpc) is 3.61. The first kappa shape index (κ1) is 31.9. The van der Waals surface area contributed by atoms with Crippen LogP contribution in [0.2, 0.25) is 0 Å². The Morgan fingerprint density at radius 2 is 1.94 bits per heavy atom. The molecule has 4 fully saturated rings. The van der Waals surface area contributed by atoms with Crippen molar-refractivity contribution < 1.29 is 19.0 Å². The number of aryl methyl sites for hydroxylation is 1. The van der Waals surface area contributed by atoms with Gasteiger partial charge in [0.25, 0.3) is 5.88 Å². The lowest BCUT2D eigenvalue weighted by Gasteiger charge is -2.57. The van der Waals surface area contributed by atoms with Crippen molar-refractivity contribution in [3.05, 3.63) is 59.1 Å². The minimum absolute atomic E-state index is 0.171. The number of likely N-dealkylation sites (tertiary alicyclic amines) is 1. The standard InChI is InChI=1S/C35H40FN9O3S/c1-19(2)30(22-10-24(11-22)42-34-38-14-28(49-34)33(46)47)45-16-35(17-45)8-9-44(15-35)31-32(43-40-18-39-31)48-27-7-6-23(36)12-25(27)26-13-37-20(3)41-29(26)21-4-5-21/h6-7,12-14,18-19,21-22,24,30H,4-5,8-11,15-17H2,1-3H3,(H,38,42)(H,46,47)/t22?,24?,30-/m1/s1. The average molecular weight is 686 g/mol. The molecule has 256 valence electrons. The molecule has 2 N–H and O–H groups in total. The Morgan fingerprint density at radius 3 is 2.67 bits per heavy atom. The van der Waals surface area contributed by atoms with Crippen LogP contribution in [0.1, 0.15) is 73.1 Å². The Labute approximate surface area is 288 Å². The summed E-state index contributed by atoms with van der Waals surface area (Å²) in [5.74, 6) is 2.26. The van der Waals surface area contributed by atoms with Gasteiger partial charge in [0.2, 0.25) is 0 Å². The summed E-state index contributed by atoms with van der Waals surface area (Å²) in [5, 5.41) is 21.7. The highest BCUT2D eigenvalue weighted by atomic mass is 32.1. The molecule has 12 nitrogen and oxygen atoms in total. The molecular formula is C35H40FN9O3S. The van der Waals surface area contributed by atoms with Gasteiger partial charge in [-0.05, 0) is 69.1 Å². The van der Waals surface area contributed by atoms with Gasteiger partial charge in [-0.2, -0.15) is 0 Å². The van der Waals surface area contributed by atoms with E-state index in [9.17, 15) is 14.3 Å². The van der Waals surface area contributed by atoms with E-state index >= 15 is 0 Å². The molecule has 4 aliphatic rings. The molecule has 8 rings (SSSR count). The minimum atomic E-state index is -0.938. The van der Waals surface area contributed by atoms with Crippen molar-refractivity contribution >= 4 is 28.3 Å². The number of hydrogen-bond donors (Lipinski definition) is 2. The Kier molecular flexibility index (Phi) is 8.18. The number of rotatable bonds is 11. The topological polar surface area (TPSA) is 142 Å². The second-order valence-electron chi connectivity index (χ2n) is 14.5. The van der Waals surface area contributed by atoms with Crippen LogP contribution in [0.4, 0.5) is 15.3 Å². The van der Waals surface area contributed by atoms with E-state index in [4.69, 9.17) is 9.72 Å². The summed E-state index contributed by atoms with van der Waals surface area (Å²) in [6.07, 6.45) is 9.91. The van der Waals surface area contributed by atoms with Crippen molar-refractivity contribution in [2.45, 2.75) is 70.9 Å². The normalized spacial score (nSPS) is 22.2. The maximum atomic E-state index is 14.6. The van der Waals surface area contributed by atoms with Crippen LogP contribution < -0.4 is 15.0 Å². The van der Waals surface area contributed by atoms with Gasteiger partial charge in [0, 0.05) is 66.9 Å². The van der Waals surface area contributed by atoms with E-state index in [0.29, 0.717) is 63.8 Å². The SMILES string of the molecule is Cc1ncc(-c2cc(F)ccc2Oc2nncnc2N2CCC3(C2)CN([C@H](C(C)C)C2CC(Nc4ncc(C(=O)O)s4)C2)C3)c(C2CC2)n1. The van der Waals surface area contributed by atoms with Crippen LogP contribution in [0.5, 0.6) is 11.6 Å². The van der Waals surface area contributed by atoms with Crippen molar-refractivity contribution in [3.8, 4) is 22.8 Å². The Balaban J connectivity index is 0.935. The number of thiazole rings is 1. The summed E-state index contributed by atoms with van der Waals surface area (Å²) in [6, 6.07) is 5.31. The zero-order valence-corrected chi connectivity index (χ0v) is 28.7. The maximum absolute atomic E-state index is 14.6. The van der Waals surface area contributed by atoms with Crippen LogP contribution in [0, 0.1) is 30.0 Å². The number of halogens is 1. The van der Waals surface area contributed by atoms with Gasteiger partial charge in [0.15, 0.2) is 10.9 Å². The van der Waals surface area contributed by atoms with E-state index in [1.165, 1.54) is 36.0 Å². The van der Waals surface area contributed by atoms with Gasteiger partial charge in [-0.15, -0.1) is 10.2 Å². The molecule has 14 heteroatoms. The fraction of sp³-hybridized carbons (Fsp3) is 0.514. The van der Waals surface area contributed by atoms with Crippen LogP contribution in [0.15, 0.2) is 36.9 Å². The number of anilines is 2. The van der Waals surface area contributed by atoms with E-state index in [1.807, 2.05) is 6.92 Å². The van der Waals surface area contributed by atoms with E-state index in [2.05, 4.69) is 54.1 Å². The third kappa shape index (κ3) is 6.31. The summed E-state index contributed by atoms with van der Waals surface area (Å²) in [4.78, 5) is 34.4. The van der Waals surface area contributed by atoms with Gasteiger partial charge in [-0.3, -0.25) is 4.90 Å². The number of aromatic carboxylic acids is 1. The molecule has 0 radical (unpaired) electrons. The Hall–Kier alpha value is -4.30.